The number of para-hydroxylation sites is 1. The van der Waals surface area contributed by atoms with Gasteiger partial charge in [0.05, 0.1) is 0 Å². The molecule has 156 valence electrons. The maximum atomic E-state index is 3.67. The van der Waals surface area contributed by atoms with E-state index >= 15 is 0 Å². The van der Waals surface area contributed by atoms with Crippen LogP contribution in [0.4, 0.5) is 0 Å². The number of hydrogen-bond acceptors (Lipinski definition) is 3. The number of benzene rings is 1. The van der Waals surface area contributed by atoms with Gasteiger partial charge < -0.3 is 20.1 Å². The van der Waals surface area contributed by atoms with E-state index in [-0.39, 0.29) is 0 Å². The molecule has 1 aromatic carbocycles. The van der Waals surface area contributed by atoms with E-state index < -0.39 is 0 Å². The van der Waals surface area contributed by atoms with Gasteiger partial charge in [-0.05, 0) is 83.5 Å². The van der Waals surface area contributed by atoms with Gasteiger partial charge in [-0.25, -0.2) is 0 Å². The normalized spacial score (nSPS) is 15.7. The number of aromatic nitrogens is 1. The van der Waals surface area contributed by atoms with Crippen LogP contribution in [0.25, 0.3) is 10.9 Å². The first-order valence-corrected chi connectivity index (χ1v) is 11.4. The first-order chi connectivity index (χ1) is 13.7. The van der Waals surface area contributed by atoms with Crippen LogP contribution in [0.5, 0.6) is 0 Å². The molecule has 1 saturated carbocycles. The summed E-state index contributed by atoms with van der Waals surface area (Å²) >= 11 is 0. The molecule has 1 aliphatic carbocycles. The largest absolute Gasteiger partial charge is 0.347 e. The molecule has 4 heteroatoms. The molecule has 1 aromatic heterocycles. The zero-order chi connectivity index (χ0) is 19.6. The lowest BCUT2D eigenvalue weighted by Crippen LogP contribution is -2.27. The minimum atomic E-state index is 0.931. The SMILES string of the molecule is CN(C)CCCn1cc(CNCCCNCC2CCCCC2)c2ccccc21. The molecule has 0 unspecified atom stereocenters. The molecule has 0 bridgehead atoms. The smallest absolute Gasteiger partial charge is 0.0483 e. The fourth-order valence-electron chi connectivity index (χ4n) is 4.46. The molecule has 1 aliphatic rings. The van der Waals surface area contributed by atoms with Crippen molar-refractivity contribution in [2.45, 2.75) is 58.0 Å². The van der Waals surface area contributed by atoms with Gasteiger partial charge in [0.1, 0.15) is 0 Å². The number of nitrogens with one attached hydrogen (secondary N) is 2. The van der Waals surface area contributed by atoms with Crippen LogP contribution in [-0.4, -0.2) is 49.7 Å². The highest BCUT2D eigenvalue weighted by Gasteiger charge is 2.12. The molecule has 0 saturated heterocycles. The molecule has 0 amide bonds. The standard InChI is InChI=1S/C24H40N4/c1-27(2)16-9-17-28-20-22(23-12-6-7-13-24(23)28)19-26-15-8-14-25-18-21-10-4-3-5-11-21/h6-7,12-13,20-21,25-26H,3-5,8-11,14-19H2,1-2H3. The molecular weight excluding hydrogens is 344 g/mol. The fourth-order valence-corrected chi connectivity index (χ4v) is 4.46. The number of hydrogen-bond donors (Lipinski definition) is 2. The van der Waals surface area contributed by atoms with Crippen LogP contribution < -0.4 is 10.6 Å². The Hall–Kier alpha value is -1.36. The second kappa shape index (κ2) is 11.6. The highest BCUT2D eigenvalue weighted by atomic mass is 15.1. The van der Waals surface area contributed by atoms with Crippen molar-refractivity contribution in [1.82, 2.24) is 20.1 Å². The van der Waals surface area contributed by atoms with Crippen molar-refractivity contribution >= 4 is 10.9 Å². The van der Waals surface area contributed by atoms with E-state index in [9.17, 15) is 0 Å². The monoisotopic (exact) mass is 384 g/mol. The molecule has 0 spiro atoms. The summed E-state index contributed by atoms with van der Waals surface area (Å²) in [6.45, 7) is 6.62. The maximum absolute atomic E-state index is 3.67. The molecule has 2 N–H and O–H groups in total. The van der Waals surface area contributed by atoms with E-state index in [1.54, 1.807) is 0 Å². The zero-order valence-electron chi connectivity index (χ0n) is 18.1. The minimum absolute atomic E-state index is 0.931. The van der Waals surface area contributed by atoms with Gasteiger partial charge in [0.2, 0.25) is 0 Å². The second-order valence-corrected chi connectivity index (χ2v) is 8.76. The van der Waals surface area contributed by atoms with Crippen LogP contribution in [0.2, 0.25) is 0 Å². The summed E-state index contributed by atoms with van der Waals surface area (Å²) in [6.07, 6.45) is 11.9. The van der Waals surface area contributed by atoms with Crippen LogP contribution in [-0.2, 0) is 13.1 Å². The fraction of sp³-hybridized carbons (Fsp3) is 0.667. The van der Waals surface area contributed by atoms with E-state index in [1.165, 1.54) is 68.0 Å². The van der Waals surface area contributed by atoms with Gasteiger partial charge in [0.15, 0.2) is 0 Å². The van der Waals surface area contributed by atoms with Gasteiger partial charge in [-0.1, -0.05) is 37.5 Å². The van der Waals surface area contributed by atoms with Crippen molar-refractivity contribution in [3.05, 3.63) is 36.0 Å². The van der Waals surface area contributed by atoms with Gasteiger partial charge in [-0.15, -0.1) is 0 Å². The topological polar surface area (TPSA) is 32.2 Å². The number of rotatable bonds is 12. The summed E-state index contributed by atoms with van der Waals surface area (Å²) < 4.78 is 2.43. The lowest BCUT2D eigenvalue weighted by Gasteiger charge is -2.21. The maximum Gasteiger partial charge on any atom is 0.0483 e. The Morgan fingerprint density at radius 1 is 1.00 bits per heavy atom. The van der Waals surface area contributed by atoms with Crippen LogP contribution in [0.15, 0.2) is 30.5 Å². The van der Waals surface area contributed by atoms with Crippen LogP contribution in [0.1, 0.15) is 50.5 Å². The highest BCUT2D eigenvalue weighted by molar-refractivity contribution is 5.83. The van der Waals surface area contributed by atoms with Crippen LogP contribution in [0.3, 0.4) is 0 Å². The van der Waals surface area contributed by atoms with E-state index in [4.69, 9.17) is 0 Å². The van der Waals surface area contributed by atoms with Crippen molar-refractivity contribution < 1.29 is 0 Å². The van der Waals surface area contributed by atoms with E-state index in [2.05, 4.69) is 64.7 Å². The molecule has 4 nitrogen and oxygen atoms in total. The summed E-state index contributed by atoms with van der Waals surface area (Å²) in [7, 11) is 4.29. The van der Waals surface area contributed by atoms with Crippen molar-refractivity contribution in [3.63, 3.8) is 0 Å². The van der Waals surface area contributed by atoms with Crippen molar-refractivity contribution in [2.75, 3.05) is 40.3 Å². The van der Waals surface area contributed by atoms with Crippen molar-refractivity contribution in [3.8, 4) is 0 Å². The number of fused-ring (bicyclic) bond motifs is 1. The summed E-state index contributed by atoms with van der Waals surface area (Å²) in [6, 6.07) is 8.83. The second-order valence-electron chi connectivity index (χ2n) is 8.76. The highest BCUT2D eigenvalue weighted by Crippen LogP contribution is 2.23. The molecule has 1 heterocycles. The average molecular weight is 385 g/mol. The number of aryl methyl sites for hydroxylation is 1. The Labute approximate surface area is 171 Å². The Balaban J connectivity index is 1.39. The Bertz CT molecular complexity index is 685. The lowest BCUT2D eigenvalue weighted by molar-refractivity contribution is 0.342. The number of nitrogens with zero attached hydrogens (tertiary/aromatic N) is 2. The van der Waals surface area contributed by atoms with Gasteiger partial charge >= 0.3 is 0 Å². The van der Waals surface area contributed by atoms with E-state index in [0.717, 1.165) is 38.6 Å². The first kappa shape index (κ1) is 21.4. The van der Waals surface area contributed by atoms with Gasteiger partial charge in [0.25, 0.3) is 0 Å². The van der Waals surface area contributed by atoms with Crippen molar-refractivity contribution in [1.29, 1.82) is 0 Å². The third-order valence-corrected chi connectivity index (χ3v) is 6.06. The molecule has 0 radical (unpaired) electrons. The molecule has 2 aromatic rings. The van der Waals surface area contributed by atoms with Gasteiger partial charge in [-0.2, -0.15) is 0 Å². The Morgan fingerprint density at radius 2 is 1.79 bits per heavy atom. The average Bonchev–Trinajstić information content (AvgIpc) is 3.06. The molecular formula is C24H40N4. The minimum Gasteiger partial charge on any atom is -0.347 e. The molecule has 0 aliphatic heterocycles. The molecule has 3 rings (SSSR count). The summed E-state index contributed by atoms with van der Waals surface area (Å²) in [5.41, 5.74) is 2.79. The molecule has 1 fully saturated rings. The molecule has 28 heavy (non-hydrogen) atoms. The van der Waals surface area contributed by atoms with Gasteiger partial charge in [0, 0.05) is 30.2 Å². The molecule has 0 atom stereocenters. The predicted molar refractivity (Wildman–Crippen MR) is 121 cm³/mol. The third-order valence-electron chi connectivity index (χ3n) is 6.06. The Morgan fingerprint density at radius 3 is 2.61 bits per heavy atom. The lowest BCUT2D eigenvalue weighted by atomic mass is 9.89. The van der Waals surface area contributed by atoms with Crippen LogP contribution >= 0.6 is 0 Å². The quantitative estimate of drug-likeness (QED) is 0.537. The van der Waals surface area contributed by atoms with Crippen LogP contribution in [0, 0.1) is 5.92 Å². The summed E-state index contributed by atoms with van der Waals surface area (Å²) in [4.78, 5) is 2.26. The first-order valence-electron chi connectivity index (χ1n) is 11.4. The zero-order valence-corrected chi connectivity index (χ0v) is 18.1. The Kier molecular flexibility index (Phi) is 8.84. The summed E-state index contributed by atoms with van der Waals surface area (Å²) in [5, 5.41) is 8.73. The summed E-state index contributed by atoms with van der Waals surface area (Å²) in [5.74, 6) is 0.931. The van der Waals surface area contributed by atoms with E-state index in [1.807, 2.05) is 0 Å². The predicted octanol–water partition coefficient (Wildman–Crippen LogP) is 4.24. The third kappa shape index (κ3) is 6.61. The van der Waals surface area contributed by atoms with Gasteiger partial charge in [-0.3, -0.25) is 0 Å². The van der Waals surface area contributed by atoms with Crippen molar-refractivity contribution in [2.24, 2.45) is 5.92 Å². The van der Waals surface area contributed by atoms with E-state index in [0.29, 0.717) is 0 Å².